The molecule has 15 heavy (non-hydrogen) atoms. The van der Waals surface area contributed by atoms with Gasteiger partial charge >= 0.3 is 0 Å². The molecule has 1 aliphatic heterocycles. The number of aryl methyl sites for hydroxylation is 1. The molecule has 0 spiro atoms. The van der Waals surface area contributed by atoms with Crippen LogP contribution >= 0.6 is 0 Å². The van der Waals surface area contributed by atoms with E-state index in [2.05, 4.69) is 17.4 Å². The van der Waals surface area contributed by atoms with E-state index >= 15 is 0 Å². The average molecular weight is 203 g/mol. The van der Waals surface area contributed by atoms with Crippen molar-refractivity contribution in [2.75, 3.05) is 13.1 Å². The van der Waals surface area contributed by atoms with Gasteiger partial charge in [0, 0.05) is 25.4 Å². The van der Waals surface area contributed by atoms with Crippen LogP contribution in [0.1, 0.15) is 18.4 Å². The van der Waals surface area contributed by atoms with Crippen molar-refractivity contribution in [2.24, 2.45) is 5.92 Å². The van der Waals surface area contributed by atoms with Crippen molar-refractivity contribution in [1.29, 1.82) is 0 Å². The second-order valence-corrected chi connectivity index (χ2v) is 4.16. The molecule has 1 saturated heterocycles. The maximum absolute atomic E-state index is 11.6. The summed E-state index contributed by atoms with van der Waals surface area (Å²) in [6, 6.07) is 10.4. The van der Waals surface area contributed by atoms with Crippen LogP contribution in [0.15, 0.2) is 30.3 Å². The quantitative estimate of drug-likeness (QED) is 0.790. The SMILES string of the molecule is O=C(CCCc1ccccc1)C1CNC1. The Labute approximate surface area is 90.7 Å². The van der Waals surface area contributed by atoms with Crippen LogP contribution in [-0.2, 0) is 11.2 Å². The van der Waals surface area contributed by atoms with Gasteiger partial charge in [-0.25, -0.2) is 0 Å². The van der Waals surface area contributed by atoms with Crippen LogP contribution in [0.5, 0.6) is 0 Å². The molecule has 0 unspecified atom stereocenters. The summed E-state index contributed by atoms with van der Waals surface area (Å²) in [6.45, 7) is 1.79. The zero-order valence-electron chi connectivity index (χ0n) is 8.91. The fourth-order valence-electron chi connectivity index (χ4n) is 1.83. The number of carbonyl (C=O) groups excluding carboxylic acids is 1. The molecule has 1 aromatic rings. The van der Waals surface area contributed by atoms with E-state index in [4.69, 9.17) is 0 Å². The van der Waals surface area contributed by atoms with Crippen LogP contribution in [-0.4, -0.2) is 18.9 Å². The van der Waals surface area contributed by atoms with Crippen molar-refractivity contribution >= 4 is 5.78 Å². The first-order chi connectivity index (χ1) is 7.36. The molecule has 0 bridgehead atoms. The van der Waals surface area contributed by atoms with E-state index in [9.17, 15) is 4.79 Å². The summed E-state index contributed by atoms with van der Waals surface area (Å²) in [5, 5.41) is 3.13. The molecule has 0 aromatic heterocycles. The Hall–Kier alpha value is -1.15. The Morgan fingerprint density at radius 1 is 1.27 bits per heavy atom. The number of nitrogens with one attached hydrogen (secondary N) is 1. The molecule has 80 valence electrons. The van der Waals surface area contributed by atoms with Gasteiger partial charge in [-0.3, -0.25) is 4.79 Å². The molecule has 0 radical (unpaired) electrons. The van der Waals surface area contributed by atoms with Crippen molar-refractivity contribution in [2.45, 2.75) is 19.3 Å². The molecule has 0 saturated carbocycles. The highest BCUT2D eigenvalue weighted by molar-refractivity contribution is 5.82. The summed E-state index contributed by atoms with van der Waals surface area (Å²) < 4.78 is 0. The van der Waals surface area contributed by atoms with Crippen LogP contribution in [0.3, 0.4) is 0 Å². The second kappa shape index (κ2) is 5.08. The smallest absolute Gasteiger partial charge is 0.138 e. The van der Waals surface area contributed by atoms with Gasteiger partial charge in [-0.1, -0.05) is 30.3 Å². The first-order valence-corrected chi connectivity index (χ1v) is 5.63. The molecule has 2 nitrogen and oxygen atoms in total. The monoisotopic (exact) mass is 203 g/mol. The highest BCUT2D eigenvalue weighted by Gasteiger charge is 2.23. The molecule has 1 aliphatic rings. The Morgan fingerprint density at radius 2 is 2.00 bits per heavy atom. The molecule has 2 rings (SSSR count). The zero-order valence-corrected chi connectivity index (χ0v) is 8.91. The van der Waals surface area contributed by atoms with E-state index in [1.807, 2.05) is 18.2 Å². The third kappa shape index (κ3) is 2.90. The van der Waals surface area contributed by atoms with E-state index in [-0.39, 0.29) is 0 Å². The summed E-state index contributed by atoms with van der Waals surface area (Å²) >= 11 is 0. The predicted molar refractivity (Wildman–Crippen MR) is 60.7 cm³/mol. The lowest BCUT2D eigenvalue weighted by molar-refractivity contribution is -0.124. The molecule has 1 fully saturated rings. The number of carbonyl (C=O) groups is 1. The van der Waals surface area contributed by atoms with E-state index in [1.165, 1.54) is 5.56 Å². The van der Waals surface area contributed by atoms with Gasteiger partial charge < -0.3 is 5.32 Å². The summed E-state index contributed by atoms with van der Waals surface area (Å²) in [7, 11) is 0. The number of Topliss-reactive ketones (excluding diaryl/α,β-unsaturated/α-hetero) is 1. The van der Waals surface area contributed by atoms with Gasteiger partial charge in [0.2, 0.25) is 0 Å². The minimum atomic E-state index is 0.306. The molecule has 0 atom stereocenters. The Balaban J connectivity index is 1.68. The third-order valence-electron chi connectivity index (χ3n) is 2.97. The van der Waals surface area contributed by atoms with Crippen LogP contribution in [0.25, 0.3) is 0 Å². The molecule has 0 amide bonds. The van der Waals surface area contributed by atoms with Gasteiger partial charge in [-0.2, -0.15) is 0 Å². The van der Waals surface area contributed by atoms with E-state index < -0.39 is 0 Å². The maximum atomic E-state index is 11.6. The molecule has 1 N–H and O–H groups in total. The highest BCUT2D eigenvalue weighted by atomic mass is 16.1. The first-order valence-electron chi connectivity index (χ1n) is 5.63. The number of hydrogen-bond acceptors (Lipinski definition) is 2. The number of benzene rings is 1. The maximum Gasteiger partial charge on any atom is 0.138 e. The minimum Gasteiger partial charge on any atom is -0.315 e. The van der Waals surface area contributed by atoms with E-state index in [0.29, 0.717) is 11.7 Å². The molecule has 1 heterocycles. The zero-order chi connectivity index (χ0) is 10.5. The first kappa shape index (κ1) is 10.4. The van der Waals surface area contributed by atoms with Gasteiger partial charge in [0.25, 0.3) is 0 Å². The Bertz CT molecular complexity index is 317. The largest absolute Gasteiger partial charge is 0.315 e. The Kier molecular flexibility index (Phi) is 3.51. The van der Waals surface area contributed by atoms with Crippen LogP contribution in [0.4, 0.5) is 0 Å². The molecular formula is C13H17NO. The lowest BCUT2D eigenvalue weighted by atomic mass is 9.94. The summed E-state index contributed by atoms with van der Waals surface area (Å²) in [5.74, 6) is 0.741. The fraction of sp³-hybridized carbons (Fsp3) is 0.462. The normalized spacial score (nSPS) is 16.0. The summed E-state index contributed by atoms with van der Waals surface area (Å²) in [4.78, 5) is 11.6. The molecular weight excluding hydrogens is 186 g/mol. The van der Waals surface area contributed by atoms with Crippen molar-refractivity contribution in [3.63, 3.8) is 0 Å². The molecule has 2 heteroatoms. The number of hydrogen-bond donors (Lipinski definition) is 1. The van der Waals surface area contributed by atoms with Crippen LogP contribution in [0.2, 0.25) is 0 Å². The summed E-state index contributed by atoms with van der Waals surface area (Å²) in [5.41, 5.74) is 1.33. The molecule has 1 aromatic carbocycles. The van der Waals surface area contributed by atoms with Gasteiger partial charge in [0.1, 0.15) is 5.78 Å². The van der Waals surface area contributed by atoms with Crippen LogP contribution < -0.4 is 5.32 Å². The fourth-order valence-corrected chi connectivity index (χ4v) is 1.83. The standard InChI is InChI=1S/C13H17NO/c15-13(12-9-14-10-12)8-4-7-11-5-2-1-3-6-11/h1-3,5-6,12,14H,4,7-10H2. The minimum absolute atomic E-state index is 0.306. The topological polar surface area (TPSA) is 29.1 Å². The lowest BCUT2D eigenvalue weighted by Crippen LogP contribution is -2.46. The van der Waals surface area contributed by atoms with Gasteiger partial charge in [-0.05, 0) is 18.4 Å². The van der Waals surface area contributed by atoms with E-state index in [0.717, 1.165) is 32.4 Å². The third-order valence-corrected chi connectivity index (χ3v) is 2.97. The van der Waals surface area contributed by atoms with E-state index in [1.54, 1.807) is 0 Å². The highest BCUT2D eigenvalue weighted by Crippen LogP contribution is 2.11. The van der Waals surface area contributed by atoms with Crippen molar-refractivity contribution < 1.29 is 4.79 Å². The second-order valence-electron chi connectivity index (χ2n) is 4.16. The number of ketones is 1. The van der Waals surface area contributed by atoms with Crippen molar-refractivity contribution in [3.05, 3.63) is 35.9 Å². The summed E-state index contributed by atoms with van der Waals surface area (Å²) in [6.07, 6.45) is 2.74. The van der Waals surface area contributed by atoms with Gasteiger partial charge in [0.15, 0.2) is 0 Å². The average Bonchev–Trinajstić information content (AvgIpc) is 2.16. The van der Waals surface area contributed by atoms with Gasteiger partial charge in [0.05, 0.1) is 0 Å². The van der Waals surface area contributed by atoms with Crippen LogP contribution in [0, 0.1) is 5.92 Å². The van der Waals surface area contributed by atoms with Crippen molar-refractivity contribution in [3.8, 4) is 0 Å². The lowest BCUT2D eigenvalue weighted by Gasteiger charge is -2.25. The number of rotatable bonds is 5. The van der Waals surface area contributed by atoms with Crippen molar-refractivity contribution in [1.82, 2.24) is 5.32 Å². The predicted octanol–water partition coefficient (Wildman–Crippen LogP) is 1.80. The molecule has 0 aliphatic carbocycles. The Morgan fingerprint density at radius 3 is 2.60 bits per heavy atom. The van der Waals surface area contributed by atoms with Gasteiger partial charge in [-0.15, -0.1) is 0 Å².